The van der Waals surface area contributed by atoms with Crippen LogP contribution in [0.25, 0.3) is 16.9 Å². The largest absolute Gasteiger partial charge is 0.326 e. The first-order chi connectivity index (χ1) is 13.6. The minimum absolute atomic E-state index is 0. The number of nitrogens with zero attached hydrogens (tertiary/aromatic N) is 5. The van der Waals surface area contributed by atoms with Crippen molar-refractivity contribution in [2.45, 2.75) is 46.1 Å². The molecule has 7 heteroatoms. The normalized spacial score (nSPS) is 15.4. The zero-order valence-corrected chi connectivity index (χ0v) is 18.1. The van der Waals surface area contributed by atoms with Crippen molar-refractivity contribution in [3.63, 3.8) is 0 Å². The third-order valence-electron chi connectivity index (χ3n) is 5.82. The summed E-state index contributed by atoms with van der Waals surface area (Å²) in [7, 11) is 0. The van der Waals surface area contributed by atoms with Gasteiger partial charge in [0.2, 0.25) is 0 Å². The lowest BCUT2D eigenvalue weighted by Gasteiger charge is -2.25. The summed E-state index contributed by atoms with van der Waals surface area (Å²) >= 11 is 0. The fourth-order valence-electron chi connectivity index (χ4n) is 4.31. The minimum Gasteiger partial charge on any atom is -0.326 e. The van der Waals surface area contributed by atoms with Crippen LogP contribution in [-0.2, 0) is 0 Å². The van der Waals surface area contributed by atoms with Gasteiger partial charge in [-0.2, -0.15) is 5.10 Å². The summed E-state index contributed by atoms with van der Waals surface area (Å²) in [4.78, 5) is 7.03. The lowest BCUT2D eigenvalue weighted by Crippen LogP contribution is -2.28. The van der Waals surface area contributed by atoms with Crippen LogP contribution in [0.3, 0.4) is 0 Å². The van der Waals surface area contributed by atoms with Crippen molar-refractivity contribution in [2.75, 3.05) is 19.6 Å². The van der Waals surface area contributed by atoms with Gasteiger partial charge in [-0.05, 0) is 70.5 Å². The van der Waals surface area contributed by atoms with Gasteiger partial charge in [0, 0.05) is 18.2 Å². The van der Waals surface area contributed by atoms with Gasteiger partial charge in [0.1, 0.15) is 5.82 Å². The Balaban J connectivity index is 0.00000240. The van der Waals surface area contributed by atoms with Gasteiger partial charge in [0.15, 0.2) is 0 Å². The standard InChI is InChI=1S/C22H28FN5.ClH/c1-4-19(14-26-11-5-6-12-26)27-15-24-13-21(27)22-16(2)25-28(17(22)3)20-9-7-18(23)8-10-20;/h7-10,13,15,19H,4-6,11-12,14H2,1-3H3;1H. The number of benzene rings is 1. The maximum Gasteiger partial charge on any atom is 0.123 e. The highest BCUT2D eigenvalue weighted by molar-refractivity contribution is 5.85. The average Bonchev–Trinajstić information content (AvgIpc) is 3.42. The number of likely N-dealkylation sites (tertiary alicyclic amines) is 1. The monoisotopic (exact) mass is 417 g/mol. The van der Waals surface area contributed by atoms with Gasteiger partial charge < -0.3 is 9.47 Å². The molecule has 0 bridgehead atoms. The van der Waals surface area contributed by atoms with Crippen LogP contribution in [0.2, 0.25) is 0 Å². The molecule has 0 amide bonds. The molecule has 0 spiro atoms. The summed E-state index contributed by atoms with van der Waals surface area (Å²) < 4.78 is 17.5. The van der Waals surface area contributed by atoms with Crippen LogP contribution in [0.4, 0.5) is 4.39 Å². The Morgan fingerprint density at radius 1 is 1.10 bits per heavy atom. The average molecular weight is 418 g/mol. The number of aromatic nitrogens is 4. The van der Waals surface area contributed by atoms with E-state index in [2.05, 4.69) is 28.3 Å². The van der Waals surface area contributed by atoms with Gasteiger partial charge in [0.25, 0.3) is 0 Å². The van der Waals surface area contributed by atoms with E-state index in [0.29, 0.717) is 6.04 Å². The molecule has 1 aliphatic heterocycles. The van der Waals surface area contributed by atoms with E-state index in [1.807, 2.05) is 24.1 Å². The van der Waals surface area contributed by atoms with Gasteiger partial charge in [-0.3, -0.25) is 0 Å². The molecule has 4 rings (SSSR count). The summed E-state index contributed by atoms with van der Waals surface area (Å²) in [6, 6.07) is 6.86. The van der Waals surface area contributed by atoms with Crippen LogP contribution in [0.15, 0.2) is 36.8 Å². The maximum absolute atomic E-state index is 13.3. The van der Waals surface area contributed by atoms with Crippen LogP contribution in [0.5, 0.6) is 0 Å². The predicted molar refractivity (Wildman–Crippen MR) is 116 cm³/mol. The fourth-order valence-corrected chi connectivity index (χ4v) is 4.31. The Hall–Kier alpha value is -2.18. The van der Waals surface area contributed by atoms with Crippen LogP contribution in [0, 0.1) is 19.7 Å². The summed E-state index contributed by atoms with van der Waals surface area (Å²) in [5.41, 5.74) is 5.08. The zero-order valence-electron chi connectivity index (χ0n) is 17.3. The van der Waals surface area contributed by atoms with Crippen molar-refractivity contribution in [1.82, 2.24) is 24.2 Å². The first-order valence-corrected chi connectivity index (χ1v) is 10.1. The SMILES string of the molecule is CCC(CN1CCCC1)n1cncc1-c1c(C)nn(-c2ccc(F)cc2)c1C.Cl. The highest BCUT2D eigenvalue weighted by atomic mass is 35.5. The molecule has 1 unspecified atom stereocenters. The first-order valence-electron chi connectivity index (χ1n) is 10.1. The van der Waals surface area contributed by atoms with E-state index in [1.165, 1.54) is 38.1 Å². The van der Waals surface area contributed by atoms with Gasteiger partial charge in [-0.15, -0.1) is 12.4 Å². The second-order valence-corrected chi connectivity index (χ2v) is 7.69. The Morgan fingerprint density at radius 3 is 2.45 bits per heavy atom. The molecule has 1 atom stereocenters. The van der Waals surface area contributed by atoms with E-state index in [9.17, 15) is 4.39 Å². The number of aryl methyl sites for hydroxylation is 1. The number of hydrogen-bond acceptors (Lipinski definition) is 3. The highest BCUT2D eigenvalue weighted by Gasteiger charge is 2.23. The highest BCUT2D eigenvalue weighted by Crippen LogP contribution is 2.31. The van der Waals surface area contributed by atoms with E-state index in [1.54, 1.807) is 12.1 Å². The van der Waals surface area contributed by atoms with Crippen LogP contribution >= 0.6 is 12.4 Å². The molecule has 1 fully saturated rings. The number of halogens is 2. The van der Waals surface area contributed by atoms with Gasteiger partial charge in [0.05, 0.1) is 35.3 Å². The summed E-state index contributed by atoms with van der Waals surface area (Å²) in [6.07, 6.45) is 7.56. The molecule has 29 heavy (non-hydrogen) atoms. The molecule has 1 aromatic carbocycles. The van der Waals surface area contributed by atoms with Crippen molar-refractivity contribution in [2.24, 2.45) is 0 Å². The summed E-state index contributed by atoms with van der Waals surface area (Å²) in [6.45, 7) is 9.79. The number of rotatable bonds is 6. The van der Waals surface area contributed by atoms with Gasteiger partial charge in [-0.25, -0.2) is 14.1 Å². The van der Waals surface area contributed by atoms with Crippen LogP contribution in [-0.4, -0.2) is 43.9 Å². The molecular formula is C22H29ClFN5. The summed E-state index contributed by atoms with van der Waals surface area (Å²) in [5, 5.41) is 4.74. The molecule has 0 saturated carbocycles. The van der Waals surface area contributed by atoms with E-state index >= 15 is 0 Å². The molecule has 1 aliphatic rings. The van der Waals surface area contributed by atoms with E-state index < -0.39 is 0 Å². The Morgan fingerprint density at radius 2 is 1.79 bits per heavy atom. The fraction of sp³-hybridized carbons (Fsp3) is 0.455. The molecule has 3 aromatic rings. The number of imidazole rings is 1. The molecule has 2 aromatic heterocycles. The third kappa shape index (κ3) is 4.23. The smallest absolute Gasteiger partial charge is 0.123 e. The van der Waals surface area contributed by atoms with E-state index in [4.69, 9.17) is 5.10 Å². The predicted octanol–water partition coefficient (Wildman–Crippen LogP) is 4.96. The molecular weight excluding hydrogens is 389 g/mol. The zero-order chi connectivity index (χ0) is 19.7. The van der Waals surface area contributed by atoms with Crippen molar-refractivity contribution < 1.29 is 4.39 Å². The maximum atomic E-state index is 13.3. The molecule has 1 saturated heterocycles. The van der Waals surface area contributed by atoms with E-state index in [0.717, 1.165) is 41.3 Å². The van der Waals surface area contributed by atoms with Crippen molar-refractivity contribution in [3.8, 4) is 16.9 Å². The molecule has 5 nitrogen and oxygen atoms in total. The quantitative estimate of drug-likeness (QED) is 0.569. The Kier molecular flexibility index (Phi) is 6.75. The Labute approximate surface area is 178 Å². The third-order valence-corrected chi connectivity index (χ3v) is 5.82. The summed E-state index contributed by atoms with van der Waals surface area (Å²) in [5.74, 6) is -0.240. The van der Waals surface area contributed by atoms with Gasteiger partial charge in [-0.1, -0.05) is 6.92 Å². The lowest BCUT2D eigenvalue weighted by atomic mass is 10.1. The topological polar surface area (TPSA) is 38.9 Å². The number of hydrogen-bond donors (Lipinski definition) is 0. The molecule has 0 aliphatic carbocycles. The lowest BCUT2D eigenvalue weighted by molar-refractivity contribution is 0.273. The second kappa shape index (κ2) is 9.09. The molecule has 3 heterocycles. The Bertz CT molecular complexity index is 941. The molecule has 0 N–H and O–H groups in total. The van der Waals surface area contributed by atoms with Crippen LogP contribution in [0.1, 0.15) is 43.6 Å². The minimum atomic E-state index is -0.240. The van der Waals surface area contributed by atoms with Crippen LogP contribution < -0.4 is 0 Å². The second-order valence-electron chi connectivity index (χ2n) is 7.69. The molecule has 0 radical (unpaired) electrons. The molecule has 156 valence electrons. The van der Waals surface area contributed by atoms with Crippen molar-refractivity contribution in [3.05, 3.63) is 54.0 Å². The first kappa shape index (κ1) is 21.5. The van der Waals surface area contributed by atoms with Gasteiger partial charge >= 0.3 is 0 Å². The van der Waals surface area contributed by atoms with Crippen molar-refractivity contribution in [1.29, 1.82) is 0 Å². The van der Waals surface area contributed by atoms with E-state index in [-0.39, 0.29) is 18.2 Å². The van der Waals surface area contributed by atoms with Crippen molar-refractivity contribution >= 4 is 12.4 Å².